The minimum absolute atomic E-state index is 0. The second kappa shape index (κ2) is 12.5. The van der Waals surface area contributed by atoms with Gasteiger partial charge < -0.3 is 10.6 Å². The molecule has 3 N–H and O–H groups in total. The maximum Gasteiger partial charge on any atom is 0.211 e. The van der Waals surface area contributed by atoms with Crippen LogP contribution in [-0.2, 0) is 16.4 Å². The van der Waals surface area contributed by atoms with Gasteiger partial charge in [-0.05, 0) is 25.5 Å². The highest BCUT2D eigenvalue weighted by atomic mass is 127. The van der Waals surface area contributed by atoms with Crippen LogP contribution < -0.4 is 15.4 Å². The summed E-state index contributed by atoms with van der Waals surface area (Å²) in [4.78, 5) is 8.37. The van der Waals surface area contributed by atoms with E-state index in [1.54, 1.807) is 20.2 Å². The molecule has 0 fully saturated rings. The van der Waals surface area contributed by atoms with Crippen molar-refractivity contribution < 1.29 is 8.42 Å². The third kappa shape index (κ3) is 10.4. The van der Waals surface area contributed by atoms with E-state index in [0.29, 0.717) is 25.5 Å². The van der Waals surface area contributed by atoms with Crippen molar-refractivity contribution in [2.75, 3.05) is 32.4 Å². The molecule has 0 radical (unpaired) electrons. The quantitative estimate of drug-likeness (QED) is 0.221. The molecule has 0 unspecified atom stereocenters. The monoisotopic (exact) mass is 455 g/mol. The summed E-state index contributed by atoms with van der Waals surface area (Å²) >= 11 is 0. The van der Waals surface area contributed by atoms with Crippen molar-refractivity contribution >= 4 is 40.0 Å². The molecule has 1 aromatic heterocycles. The number of aliphatic imine (C=N–C) groups is 1. The summed E-state index contributed by atoms with van der Waals surface area (Å²) in [6.07, 6.45) is 3.29. The lowest BCUT2D eigenvalue weighted by molar-refractivity contribution is 0.579. The first-order valence-corrected chi connectivity index (χ1v) is 9.04. The number of guanidine groups is 1. The van der Waals surface area contributed by atoms with Crippen LogP contribution in [0.2, 0.25) is 0 Å². The first-order valence-electron chi connectivity index (χ1n) is 7.39. The summed E-state index contributed by atoms with van der Waals surface area (Å²) in [6, 6.07) is 5.84. The van der Waals surface area contributed by atoms with Crippen molar-refractivity contribution in [2.24, 2.45) is 4.99 Å². The number of pyridine rings is 1. The van der Waals surface area contributed by atoms with Crippen molar-refractivity contribution in [3.63, 3.8) is 0 Å². The van der Waals surface area contributed by atoms with Gasteiger partial charge in [0.15, 0.2) is 5.96 Å². The highest BCUT2D eigenvalue weighted by Gasteiger charge is 2.04. The third-order valence-electron chi connectivity index (χ3n) is 2.97. The van der Waals surface area contributed by atoms with E-state index in [2.05, 4.69) is 25.3 Å². The molecule has 0 amide bonds. The van der Waals surface area contributed by atoms with Gasteiger partial charge in [0.2, 0.25) is 10.0 Å². The molecular weight excluding hydrogens is 429 g/mol. The predicted octanol–water partition coefficient (Wildman–Crippen LogP) is 0.736. The molecule has 0 saturated carbocycles. The van der Waals surface area contributed by atoms with Crippen molar-refractivity contribution in [3.8, 4) is 0 Å². The molecule has 9 heteroatoms. The first kappa shape index (κ1) is 22.1. The van der Waals surface area contributed by atoms with Gasteiger partial charge >= 0.3 is 0 Å². The lowest BCUT2D eigenvalue weighted by Gasteiger charge is -2.11. The average Bonchev–Trinajstić information content (AvgIpc) is 2.53. The van der Waals surface area contributed by atoms with E-state index in [1.807, 2.05) is 18.2 Å². The molecular formula is C14H26IN5O2S. The SMILES string of the molecule is CCS(=O)(=O)NCCCNC(=NC)NCCc1ccccn1.I. The van der Waals surface area contributed by atoms with E-state index in [-0.39, 0.29) is 29.7 Å². The smallest absolute Gasteiger partial charge is 0.211 e. The zero-order chi connectivity index (χ0) is 16.3. The van der Waals surface area contributed by atoms with Crippen molar-refractivity contribution in [2.45, 2.75) is 19.8 Å². The zero-order valence-electron chi connectivity index (χ0n) is 13.6. The second-order valence-corrected chi connectivity index (χ2v) is 6.74. The molecule has 0 aliphatic rings. The predicted molar refractivity (Wildman–Crippen MR) is 105 cm³/mol. The fourth-order valence-corrected chi connectivity index (χ4v) is 2.36. The maximum absolute atomic E-state index is 11.3. The molecule has 0 aromatic carbocycles. The summed E-state index contributed by atoms with van der Waals surface area (Å²) in [6.45, 7) is 3.43. The van der Waals surface area contributed by atoms with Crippen molar-refractivity contribution in [1.29, 1.82) is 0 Å². The summed E-state index contributed by atoms with van der Waals surface area (Å²) in [5, 5.41) is 6.34. The van der Waals surface area contributed by atoms with Gasteiger partial charge in [-0.3, -0.25) is 9.98 Å². The molecule has 0 saturated heterocycles. The highest BCUT2D eigenvalue weighted by molar-refractivity contribution is 14.0. The van der Waals surface area contributed by atoms with Crippen molar-refractivity contribution in [1.82, 2.24) is 20.3 Å². The maximum atomic E-state index is 11.3. The summed E-state index contributed by atoms with van der Waals surface area (Å²) in [5.74, 6) is 0.811. The van der Waals surface area contributed by atoms with Crippen LogP contribution in [-0.4, -0.2) is 51.8 Å². The number of hydrogen-bond donors (Lipinski definition) is 3. The Bertz CT molecular complexity index is 552. The molecule has 0 spiro atoms. The number of nitrogens with one attached hydrogen (secondary N) is 3. The molecule has 132 valence electrons. The lowest BCUT2D eigenvalue weighted by atomic mass is 10.3. The van der Waals surface area contributed by atoms with E-state index in [4.69, 9.17) is 0 Å². The molecule has 0 bridgehead atoms. The topological polar surface area (TPSA) is 95.5 Å². The van der Waals surface area contributed by atoms with Gasteiger partial charge in [-0.25, -0.2) is 13.1 Å². The summed E-state index contributed by atoms with van der Waals surface area (Å²) < 4.78 is 25.0. The average molecular weight is 455 g/mol. The fourth-order valence-electron chi connectivity index (χ4n) is 1.70. The number of nitrogens with zero attached hydrogens (tertiary/aromatic N) is 2. The standard InChI is InChI=1S/C14H25N5O2S.HI/c1-3-22(20,21)19-11-6-10-17-14(15-2)18-12-8-13-7-4-5-9-16-13;/h4-5,7,9,19H,3,6,8,10-12H2,1-2H3,(H2,15,17,18);1H. The van der Waals surface area contributed by atoms with E-state index in [0.717, 1.165) is 18.7 Å². The van der Waals surface area contributed by atoms with Gasteiger partial charge in [-0.15, -0.1) is 24.0 Å². The van der Waals surface area contributed by atoms with E-state index < -0.39 is 10.0 Å². The Morgan fingerprint density at radius 2 is 1.96 bits per heavy atom. The number of rotatable bonds is 9. The molecule has 0 aliphatic heterocycles. The van der Waals surface area contributed by atoms with Gasteiger partial charge in [0, 0.05) is 45.0 Å². The zero-order valence-corrected chi connectivity index (χ0v) is 16.7. The first-order chi connectivity index (χ1) is 10.6. The van der Waals surface area contributed by atoms with Crippen LogP contribution in [0, 0.1) is 0 Å². The molecule has 7 nitrogen and oxygen atoms in total. The highest BCUT2D eigenvalue weighted by Crippen LogP contribution is 1.92. The van der Waals surface area contributed by atoms with Crippen LogP contribution in [0.1, 0.15) is 19.0 Å². The Kier molecular flexibility index (Phi) is 12.0. The minimum Gasteiger partial charge on any atom is -0.356 e. The van der Waals surface area contributed by atoms with Crippen LogP contribution in [0.15, 0.2) is 29.4 Å². The Balaban J connectivity index is 0.00000484. The molecule has 23 heavy (non-hydrogen) atoms. The van der Waals surface area contributed by atoms with Gasteiger partial charge in [0.1, 0.15) is 0 Å². The van der Waals surface area contributed by atoms with E-state index in [1.165, 1.54) is 0 Å². The third-order valence-corrected chi connectivity index (χ3v) is 4.38. The number of aromatic nitrogens is 1. The Morgan fingerprint density at radius 3 is 2.57 bits per heavy atom. The van der Waals surface area contributed by atoms with Crippen LogP contribution in [0.4, 0.5) is 0 Å². The Hall–Kier alpha value is -0.940. The van der Waals surface area contributed by atoms with Gasteiger partial charge in [-0.2, -0.15) is 0 Å². The number of halogens is 1. The molecule has 1 rings (SSSR count). The molecule has 0 atom stereocenters. The summed E-state index contributed by atoms with van der Waals surface area (Å²) in [7, 11) is -1.40. The molecule has 1 heterocycles. The van der Waals surface area contributed by atoms with Crippen LogP contribution in [0.25, 0.3) is 0 Å². The lowest BCUT2D eigenvalue weighted by Crippen LogP contribution is -2.39. The largest absolute Gasteiger partial charge is 0.356 e. The number of hydrogen-bond acceptors (Lipinski definition) is 4. The van der Waals surface area contributed by atoms with Crippen molar-refractivity contribution in [3.05, 3.63) is 30.1 Å². The van der Waals surface area contributed by atoms with Crippen LogP contribution >= 0.6 is 24.0 Å². The van der Waals surface area contributed by atoms with Gasteiger partial charge in [0.25, 0.3) is 0 Å². The van der Waals surface area contributed by atoms with E-state index in [9.17, 15) is 8.42 Å². The number of sulfonamides is 1. The second-order valence-electron chi connectivity index (χ2n) is 4.65. The van der Waals surface area contributed by atoms with Gasteiger partial charge in [0.05, 0.1) is 5.75 Å². The van der Waals surface area contributed by atoms with Gasteiger partial charge in [-0.1, -0.05) is 6.07 Å². The van der Waals surface area contributed by atoms with E-state index >= 15 is 0 Å². The fraction of sp³-hybridized carbons (Fsp3) is 0.571. The molecule has 1 aromatic rings. The van der Waals surface area contributed by atoms with Crippen LogP contribution in [0.3, 0.4) is 0 Å². The minimum atomic E-state index is -3.10. The normalized spacial score (nSPS) is 11.7. The molecule has 0 aliphatic carbocycles. The Morgan fingerprint density at radius 1 is 1.22 bits per heavy atom. The Labute approximate surface area is 155 Å². The van der Waals surface area contributed by atoms with Crippen LogP contribution in [0.5, 0.6) is 0 Å². The summed E-state index contributed by atoms with van der Waals surface area (Å²) in [5.41, 5.74) is 1.03.